The summed E-state index contributed by atoms with van der Waals surface area (Å²) in [5, 5.41) is 3.71. The van der Waals surface area contributed by atoms with Crippen molar-refractivity contribution in [3.05, 3.63) is 17.8 Å². The van der Waals surface area contributed by atoms with Crippen molar-refractivity contribution in [2.45, 2.75) is 26.3 Å². The highest BCUT2D eigenvalue weighted by molar-refractivity contribution is 5.36. The molecule has 1 unspecified atom stereocenters. The molecule has 0 fully saturated rings. The van der Waals surface area contributed by atoms with Gasteiger partial charge in [0.15, 0.2) is 5.82 Å². The molecule has 1 atom stereocenters. The fourth-order valence-corrected chi connectivity index (χ4v) is 0.719. The van der Waals surface area contributed by atoms with Crippen LogP contribution in [0.2, 0.25) is 0 Å². The van der Waals surface area contributed by atoms with Crippen molar-refractivity contribution in [1.82, 2.24) is 10.1 Å². The Kier molecular flexibility index (Phi) is 2.99. The number of nitrogens with two attached hydrogens (primary N) is 1. The average Bonchev–Trinajstić information content (AvgIpc) is 2.48. The zero-order valence-corrected chi connectivity index (χ0v) is 7.32. The van der Waals surface area contributed by atoms with E-state index in [2.05, 4.69) is 10.1 Å². The second kappa shape index (κ2) is 4.01. The van der Waals surface area contributed by atoms with Gasteiger partial charge < -0.3 is 10.3 Å². The Hall–Kier alpha value is -1.16. The number of hydrogen-bond acceptors (Lipinski definition) is 4. The molecule has 0 aliphatic carbocycles. The SMILES string of the molecule is CC/C=C/c1nc(C(C)N)no1. The molecule has 4 nitrogen and oxygen atoms in total. The summed E-state index contributed by atoms with van der Waals surface area (Å²) in [7, 11) is 0. The predicted molar refractivity (Wildman–Crippen MR) is 46.2 cm³/mol. The third-order valence-electron chi connectivity index (χ3n) is 1.36. The molecule has 0 amide bonds. The summed E-state index contributed by atoms with van der Waals surface area (Å²) < 4.78 is 4.90. The lowest BCUT2D eigenvalue weighted by Crippen LogP contribution is -2.06. The molecule has 0 aliphatic heterocycles. The number of aromatic nitrogens is 2. The van der Waals surface area contributed by atoms with Gasteiger partial charge in [-0.1, -0.05) is 18.2 Å². The minimum Gasteiger partial charge on any atom is -0.335 e. The van der Waals surface area contributed by atoms with E-state index in [4.69, 9.17) is 10.3 Å². The van der Waals surface area contributed by atoms with Crippen LogP contribution in [0, 0.1) is 0 Å². The lowest BCUT2D eigenvalue weighted by atomic mass is 10.3. The van der Waals surface area contributed by atoms with Gasteiger partial charge in [-0.05, 0) is 19.4 Å². The fourth-order valence-electron chi connectivity index (χ4n) is 0.719. The molecule has 1 heterocycles. The van der Waals surface area contributed by atoms with Crippen molar-refractivity contribution in [2.75, 3.05) is 0 Å². The van der Waals surface area contributed by atoms with E-state index in [9.17, 15) is 0 Å². The van der Waals surface area contributed by atoms with Gasteiger partial charge >= 0.3 is 0 Å². The molecule has 0 saturated heterocycles. The molecule has 0 bridgehead atoms. The number of nitrogens with zero attached hydrogens (tertiary/aromatic N) is 2. The van der Waals surface area contributed by atoms with Crippen LogP contribution in [0.4, 0.5) is 0 Å². The molecule has 1 aromatic rings. The molecule has 0 saturated carbocycles. The first kappa shape index (κ1) is 8.93. The Balaban J connectivity index is 2.70. The van der Waals surface area contributed by atoms with Gasteiger partial charge in [0.25, 0.3) is 0 Å². The normalized spacial score (nSPS) is 13.9. The maximum Gasteiger partial charge on any atom is 0.250 e. The molecular formula is C8H13N3O. The Labute approximate surface area is 71.5 Å². The molecule has 0 radical (unpaired) electrons. The molecule has 12 heavy (non-hydrogen) atoms. The molecule has 0 aromatic carbocycles. The highest BCUT2D eigenvalue weighted by Crippen LogP contribution is 2.06. The minimum absolute atomic E-state index is 0.169. The van der Waals surface area contributed by atoms with E-state index in [0.29, 0.717) is 11.7 Å². The van der Waals surface area contributed by atoms with E-state index in [1.807, 2.05) is 19.9 Å². The van der Waals surface area contributed by atoms with Gasteiger partial charge in [-0.2, -0.15) is 4.98 Å². The van der Waals surface area contributed by atoms with Crippen molar-refractivity contribution in [3.63, 3.8) is 0 Å². The molecule has 2 N–H and O–H groups in total. The third-order valence-corrected chi connectivity index (χ3v) is 1.36. The summed E-state index contributed by atoms with van der Waals surface area (Å²) in [6.45, 7) is 3.86. The number of hydrogen-bond donors (Lipinski definition) is 1. The zero-order valence-electron chi connectivity index (χ0n) is 7.32. The standard InChI is InChI=1S/C8H13N3O/c1-3-4-5-7-10-8(6(2)9)11-12-7/h4-6H,3,9H2,1-2H3/b5-4+. The van der Waals surface area contributed by atoms with Crippen molar-refractivity contribution >= 4 is 6.08 Å². The molecule has 1 aromatic heterocycles. The van der Waals surface area contributed by atoms with Gasteiger partial charge in [-0.3, -0.25) is 0 Å². The molecule has 4 heteroatoms. The van der Waals surface area contributed by atoms with Gasteiger partial charge in [-0.15, -0.1) is 0 Å². The van der Waals surface area contributed by atoms with Gasteiger partial charge in [0, 0.05) is 0 Å². The first-order chi connectivity index (χ1) is 5.74. The lowest BCUT2D eigenvalue weighted by Gasteiger charge is -1.92. The quantitative estimate of drug-likeness (QED) is 0.741. The molecule has 0 aliphatic rings. The second-order valence-electron chi connectivity index (χ2n) is 2.59. The summed E-state index contributed by atoms with van der Waals surface area (Å²) in [6, 6.07) is -0.169. The topological polar surface area (TPSA) is 64.9 Å². The smallest absolute Gasteiger partial charge is 0.250 e. The van der Waals surface area contributed by atoms with Gasteiger partial charge in [0.2, 0.25) is 5.89 Å². The monoisotopic (exact) mass is 167 g/mol. The van der Waals surface area contributed by atoms with Gasteiger partial charge in [0.1, 0.15) is 0 Å². The Morgan fingerprint density at radius 2 is 2.42 bits per heavy atom. The van der Waals surface area contributed by atoms with E-state index in [-0.39, 0.29) is 6.04 Å². The van der Waals surface area contributed by atoms with Crippen LogP contribution in [0.3, 0.4) is 0 Å². The summed E-state index contributed by atoms with van der Waals surface area (Å²) in [6.07, 6.45) is 4.70. The minimum atomic E-state index is -0.169. The van der Waals surface area contributed by atoms with Crippen molar-refractivity contribution in [3.8, 4) is 0 Å². The Morgan fingerprint density at radius 1 is 1.67 bits per heavy atom. The van der Waals surface area contributed by atoms with Crippen molar-refractivity contribution in [2.24, 2.45) is 5.73 Å². The van der Waals surface area contributed by atoms with E-state index in [1.54, 1.807) is 6.08 Å². The van der Waals surface area contributed by atoms with Crippen LogP contribution < -0.4 is 5.73 Å². The maximum atomic E-state index is 5.55. The Bertz CT molecular complexity index is 265. The van der Waals surface area contributed by atoms with Crippen LogP contribution in [-0.4, -0.2) is 10.1 Å². The highest BCUT2D eigenvalue weighted by atomic mass is 16.5. The highest BCUT2D eigenvalue weighted by Gasteiger charge is 2.06. The van der Waals surface area contributed by atoms with E-state index in [0.717, 1.165) is 6.42 Å². The van der Waals surface area contributed by atoms with E-state index >= 15 is 0 Å². The van der Waals surface area contributed by atoms with Crippen molar-refractivity contribution in [1.29, 1.82) is 0 Å². The van der Waals surface area contributed by atoms with Crippen LogP contribution >= 0.6 is 0 Å². The Morgan fingerprint density at radius 3 is 2.92 bits per heavy atom. The number of allylic oxidation sites excluding steroid dienone is 1. The van der Waals surface area contributed by atoms with E-state index in [1.165, 1.54) is 0 Å². The maximum absolute atomic E-state index is 5.55. The number of rotatable bonds is 3. The lowest BCUT2D eigenvalue weighted by molar-refractivity contribution is 0.399. The van der Waals surface area contributed by atoms with Gasteiger partial charge in [-0.25, -0.2) is 0 Å². The predicted octanol–water partition coefficient (Wildman–Crippen LogP) is 1.51. The fraction of sp³-hybridized carbons (Fsp3) is 0.500. The average molecular weight is 167 g/mol. The third kappa shape index (κ3) is 2.17. The van der Waals surface area contributed by atoms with Crippen LogP contribution in [0.15, 0.2) is 10.6 Å². The van der Waals surface area contributed by atoms with Crippen molar-refractivity contribution < 1.29 is 4.52 Å². The van der Waals surface area contributed by atoms with Crippen LogP contribution in [-0.2, 0) is 0 Å². The first-order valence-electron chi connectivity index (χ1n) is 3.99. The molecule has 0 spiro atoms. The first-order valence-corrected chi connectivity index (χ1v) is 3.99. The van der Waals surface area contributed by atoms with Crippen LogP contribution in [0.25, 0.3) is 6.08 Å². The second-order valence-corrected chi connectivity index (χ2v) is 2.59. The van der Waals surface area contributed by atoms with Gasteiger partial charge in [0.05, 0.1) is 6.04 Å². The summed E-state index contributed by atoms with van der Waals surface area (Å²) >= 11 is 0. The zero-order chi connectivity index (χ0) is 8.97. The molecule has 66 valence electrons. The largest absolute Gasteiger partial charge is 0.335 e. The van der Waals surface area contributed by atoms with Crippen LogP contribution in [0.1, 0.15) is 38.0 Å². The van der Waals surface area contributed by atoms with E-state index < -0.39 is 0 Å². The molecule has 1 rings (SSSR count). The molecular weight excluding hydrogens is 154 g/mol. The van der Waals surface area contributed by atoms with Crippen LogP contribution in [0.5, 0.6) is 0 Å². The summed E-state index contributed by atoms with van der Waals surface area (Å²) in [4.78, 5) is 4.06. The summed E-state index contributed by atoms with van der Waals surface area (Å²) in [5.41, 5.74) is 5.55. The summed E-state index contributed by atoms with van der Waals surface area (Å²) in [5.74, 6) is 1.06.